The van der Waals surface area contributed by atoms with Crippen LogP contribution in [-0.4, -0.2) is 42.1 Å². The van der Waals surface area contributed by atoms with Gasteiger partial charge in [0, 0.05) is 31.0 Å². The summed E-state index contributed by atoms with van der Waals surface area (Å²) in [6, 6.07) is 8.54. The van der Waals surface area contributed by atoms with E-state index >= 15 is 0 Å². The van der Waals surface area contributed by atoms with Crippen LogP contribution in [0.3, 0.4) is 0 Å². The number of pyridine rings is 1. The van der Waals surface area contributed by atoms with Gasteiger partial charge in [-0.25, -0.2) is 9.78 Å². The first-order valence-corrected chi connectivity index (χ1v) is 10.2. The van der Waals surface area contributed by atoms with Crippen LogP contribution in [-0.2, 0) is 20.7 Å². The van der Waals surface area contributed by atoms with Gasteiger partial charge in [-0.2, -0.15) is 0 Å². The number of hydrogen-bond donors (Lipinski definition) is 1. The van der Waals surface area contributed by atoms with Gasteiger partial charge in [0.15, 0.2) is 11.4 Å². The molecular weight excluding hydrogens is 400 g/mol. The lowest BCUT2D eigenvalue weighted by Gasteiger charge is -2.20. The molecule has 0 saturated carbocycles. The minimum atomic E-state index is -0.925. The van der Waals surface area contributed by atoms with Gasteiger partial charge in [-0.3, -0.25) is 9.59 Å². The molecule has 1 aliphatic carbocycles. The Labute approximate surface area is 180 Å². The van der Waals surface area contributed by atoms with E-state index in [1.807, 2.05) is 31.2 Å². The van der Waals surface area contributed by atoms with E-state index in [-0.39, 0.29) is 35.6 Å². The molecule has 0 aliphatic heterocycles. The van der Waals surface area contributed by atoms with E-state index in [1.54, 1.807) is 6.92 Å². The second-order valence-corrected chi connectivity index (χ2v) is 7.38. The first-order chi connectivity index (χ1) is 14.8. The normalized spacial score (nSPS) is 17.9. The summed E-state index contributed by atoms with van der Waals surface area (Å²) >= 11 is 0. The number of esters is 2. The van der Waals surface area contributed by atoms with Gasteiger partial charge in [0.05, 0.1) is 7.11 Å². The number of amides is 1. The van der Waals surface area contributed by atoms with E-state index in [1.165, 1.54) is 31.9 Å². The molecular formula is C23H26N2O6. The van der Waals surface area contributed by atoms with Gasteiger partial charge in [-0.15, -0.1) is 0 Å². The number of benzene rings is 1. The minimum absolute atomic E-state index is 0.0724. The van der Waals surface area contributed by atoms with Crippen molar-refractivity contribution < 1.29 is 28.6 Å². The Morgan fingerprint density at radius 2 is 1.97 bits per heavy atom. The summed E-state index contributed by atoms with van der Waals surface area (Å²) in [5.41, 5.74) is 2.18. The highest BCUT2D eigenvalue weighted by atomic mass is 16.6. The molecule has 0 spiro atoms. The van der Waals surface area contributed by atoms with Gasteiger partial charge in [-0.1, -0.05) is 38.1 Å². The zero-order chi connectivity index (χ0) is 22.5. The number of fused-ring (bicyclic) bond motifs is 1. The van der Waals surface area contributed by atoms with Crippen molar-refractivity contribution >= 4 is 17.8 Å². The van der Waals surface area contributed by atoms with Crippen molar-refractivity contribution in [3.63, 3.8) is 0 Å². The summed E-state index contributed by atoms with van der Waals surface area (Å²) < 4.78 is 16.1. The number of aromatic nitrogens is 1. The molecule has 1 amide bonds. The van der Waals surface area contributed by atoms with E-state index < -0.39 is 23.9 Å². The van der Waals surface area contributed by atoms with Crippen LogP contribution < -0.4 is 14.8 Å². The lowest BCUT2D eigenvalue weighted by Crippen LogP contribution is -2.41. The number of ether oxygens (including phenoxy) is 3. The van der Waals surface area contributed by atoms with Crippen molar-refractivity contribution in [3.05, 3.63) is 53.3 Å². The van der Waals surface area contributed by atoms with E-state index in [0.29, 0.717) is 6.42 Å². The number of nitrogens with zero attached hydrogens (tertiary/aromatic N) is 1. The average molecular weight is 426 g/mol. The Morgan fingerprint density at radius 1 is 1.23 bits per heavy atom. The molecule has 3 rings (SSSR count). The fourth-order valence-electron chi connectivity index (χ4n) is 3.51. The maximum Gasteiger partial charge on any atom is 0.328 e. The quantitative estimate of drug-likeness (QED) is 0.679. The Morgan fingerprint density at radius 3 is 2.65 bits per heavy atom. The van der Waals surface area contributed by atoms with Crippen LogP contribution in [0.15, 0.2) is 36.5 Å². The molecule has 164 valence electrons. The van der Waals surface area contributed by atoms with Gasteiger partial charge >= 0.3 is 11.9 Å². The van der Waals surface area contributed by atoms with Crippen LogP contribution in [0.2, 0.25) is 0 Å². The molecule has 8 heteroatoms. The molecule has 3 atom stereocenters. The molecule has 1 N–H and O–H groups in total. The van der Waals surface area contributed by atoms with E-state index in [9.17, 15) is 14.4 Å². The first kappa shape index (κ1) is 22.3. The monoisotopic (exact) mass is 426 g/mol. The fourth-order valence-corrected chi connectivity index (χ4v) is 3.51. The molecule has 1 aromatic heterocycles. The SMILES string of the molecule is CCC(=O)Oc1c(OC)ccnc1C(=O)N[C@@H](C)C(=O)O[C@H]1Cc2ccccc2[C@@H]1C. The summed E-state index contributed by atoms with van der Waals surface area (Å²) in [5, 5.41) is 2.57. The second-order valence-electron chi connectivity index (χ2n) is 7.38. The molecule has 1 heterocycles. The summed E-state index contributed by atoms with van der Waals surface area (Å²) in [6.07, 6.45) is 1.82. The number of carbonyl (C=O) groups excluding carboxylic acids is 3. The van der Waals surface area contributed by atoms with Crippen molar-refractivity contribution in [2.75, 3.05) is 7.11 Å². The third-order valence-corrected chi connectivity index (χ3v) is 5.30. The zero-order valence-corrected chi connectivity index (χ0v) is 18.0. The lowest BCUT2D eigenvalue weighted by molar-refractivity contribution is -0.151. The van der Waals surface area contributed by atoms with Crippen LogP contribution in [0.1, 0.15) is 54.7 Å². The molecule has 0 bridgehead atoms. The topological polar surface area (TPSA) is 104 Å². The minimum Gasteiger partial charge on any atom is -0.493 e. The highest BCUT2D eigenvalue weighted by Crippen LogP contribution is 2.35. The molecule has 2 aromatic rings. The van der Waals surface area contributed by atoms with Gasteiger partial charge in [0.2, 0.25) is 5.75 Å². The number of hydrogen-bond acceptors (Lipinski definition) is 7. The van der Waals surface area contributed by atoms with Crippen molar-refractivity contribution in [1.29, 1.82) is 0 Å². The maximum atomic E-state index is 12.8. The van der Waals surface area contributed by atoms with Gasteiger partial charge < -0.3 is 19.5 Å². The zero-order valence-electron chi connectivity index (χ0n) is 18.0. The van der Waals surface area contributed by atoms with Gasteiger partial charge in [0.25, 0.3) is 5.91 Å². The Kier molecular flexibility index (Phi) is 6.89. The molecule has 8 nitrogen and oxygen atoms in total. The highest BCUT2D eigenvalue weighted by molar-refractivity contribution is 5.98. The second kappa shape index (κ2) is 9.59. The van der Waals surface area contributed by atoms with Crippen LogP contribution in [0, 0.1) is 0 Å². The fraction of sp³-hybridized carbons (Fsp3) is 0.391. The number of nitrogens with one attached hydrogen (secondary N) is 1. The molecule has 1 aromatic carbocycles. The predicted molar refractivity (Wildman–Crippen MR) is 112 cm³/mol. The standard InChI is InChI=1S/C23H26N2O6/c1-5-19(26)31-21-17(29-4)10-11-24-20(21)22(27)25-14(3)23(28)30-18-12-15-8-6-7-9-16(15)13(18)2/h6-11,13-14,18H,5,12H2,1-4H3,(H,25,27)/t13-,14-,18-/m0/s1. The summed E-state index contributed by atoms with van der Waals surface area (Å²) in [7, 11) is 1.39. The molecule has 1 aliphatic rings. The Hall–Kier alpha value is -3.42. The van der Waals surface area contributed by atoms with E-state index in [2.05, 4.69) is 10.3 Å². The molecule has 0 saturated heterocycles. The smallest absolute Gasteiger partial charge is 0.328 e. The van der Waals surface area contributed by atoms with Crippen molar-refractivity contribution in [1.82, 2.24) is 10.3 Å². The van der Waals surface area contributed by atoms with Crippen LogP contribution in [0.25, 0.3) is 0 Å². The highest BCUT2D eigenvalue weighted by Gasteiger charge is 2.33. The lowest BCUT2D eigenvalue weighted by atomic mass is 10.0. The Bertz CT molecular complexity index is 990. The number of rotatable bonds is 7. The van der Waals surface area contributed by atoms with Crippen LogP contribution in [0.5, 0.6) is 11.5 Å². The van der Waals surface area contributed by atoms with E-state index in [0.717, 1.165) is 5.56 Å². The summed E-state index contributed by atoms with van der Waals surface area (Å²) in [4.78, 5) is 41.2. The number of methoxy groups -OCH3 is 1. The summed E-state index contributed by atoms with van der Waals surface area (Å²) in [6.45, 7) is 5.18. The van der Waals surface area contributed by atoms with Crippen LogP contribution in [0.4, 0.5) is 0 Å². The van der Waals surface area contributed by atoms with Crippen molar-refractivity contribution in [2.45, 2.75) is 51.7 Å². The predicted octanol–water partition coefficient (Wildman–Crippen LogP) is 2.80. The average Bonchev–Trinajstić information content (AvgIpc) is 3.08. The molecule has 0 radical (unpaired) electrons. The van der Waals surface area contributed by atoms with Gasteiger partial charge in [-0.05, 0) is 18.1 Å². The molecule has 31 heavy (non-hydrogen) atoms. The molecule has 0 fully saturated rings. The summed E-state index contributed by atoms with van der Waals surface area (Å²) in [5.74, 6) is -1.59. The van der Waals surface area contributed by atoms with Crippen molar-refractivity contribution in [2.24, 2.45) is 0 Å². The van der Waals surface area contributed by atoms with Gasteiger partial charge in [0.1, 0.15) is 12.1 Å². The largest absolute Gasteiger partial charge is 0.493 e. The van der Waals surface area contributed by atoms with Crippen LogP contribution >= 0.6 is 0 Å². The number of carbonyl (C=O) groups is 3. The third kappa shape index (κ3) is 4.84. The molecule has 0 unspecified atom stereocenters. The third-order valence-electron chi connectivity index (χ3n) is 5.30. The van der Waals surface area contributed by atoms with E-state index in [4.69, 9.17) is 14.2 Å². The first-order valence-electron chi connectivity index (χ1n) is 10.2. The van der Waals surface area contributed by atoms with Crippen molar-refractivity contribution in [3.8, 4) is 11.5 Å². The maximum absolute atomic E-state index is 12.8. The Balaban J connectivity index is 1.68.